The summed E-state index contributed by atoms with van der Waals surface area (Å²) in [5, 5.41) is 0. The molecule has 4 aliphatic rings. The van der Waals surface area contributed by atoms with E-state index in [1.54, 1.807) is 0 Å². The highest BCUT2D eigenvalue weighted by Gasteiger charge is 2.44. The molecule has 3 nitrogen and oxygen atoms in total. The molecular formula is C21H24N2O. The predicted molar refractivity (Wildman–Crippen MR) is 93.7 cm³/mol. The van der Waals surface area contributed by atoms with Gasteiger partial charge in [0.05, 0.1) is 24.3 Å². The van der Waals surface area contributed by atoms with Gasteiger partial charge in [-0.25, -0.2) is 4.98 Å². The van der Waals surface area contributed by atoms with Crippen LogP contribution < -0.4 is 0 Å². The SMILES string of the molecule is O=C(CC1c2ccccc2-c2cncn21)C12CCCC(CC1)CC2. The zero-order valence-corrected chi connectivity index (χ0v) is 14.1. The Kier molecular flexibility index (Phi) is 3.19. The van der Waals surface area contributed by atoms with Crippen LogP contribution in [0.2, 0.25) is 0 Å². The molecule has 2 aromatic rings. The van der Waals surface area contributed by atoms with Crippen LogP contribution in [-0.4, -0.2) is 15.3 Å². The molecule has 1 atom stereocenters. The van der Waals surface area contributed by atoms with Gasteiger partial charge in [-0.3, -0.25) is 4.79 Å². The molecule has 3 aliphatic carbocycles. The molecule has 0 radical (unpaired) electrons. The smallest absolute Gasteiger partial charge is 0.141 e. The average Bonchev–Trinajstić information content (AvgIpc) is 3.04. The Bertz CT molecular complexity index is 777. The fourth-order valence-electron chi connectivity index (χ4n) is 5.45. The van der Waals surface area contributed by atoms with E-state index in [2.05, 4.69) is 33.8 Å². The Morgan fingerprint density at radius 2 is 2.00 bits per heavy atom. The van der Waals surface area contributed by atoms with Crippen molar-refractivity contribution in [2.75, 3.05) is 0 Å². The van der Waals surface area contributed by atoms with Crippen LogP contribution in [0.15, 0.2) is 36.8 Å². The molecule has 3 heteroatoms. The predicted octanol–water partition coefficient (Wildman–Crippen LogP) is 4.77. The van der Waals surface area contributed by atoms with Crippen LogP contribution in [0.3, 0.4) is 0 Å². The Hall–Kier alpha value is -1.90. The van der Waals surface area contributed by atoms with Crippen molar-refractivity contribution in [1.29, 1.82) is 0 Å². The summed E-state index contributed by atoms with van der Waals surface area (Å²) >= 11 is 0. The first kappa shape index (κ1) is 14.4. The summed E-state index contributed by atoms with van der Waals surface area (Å²) in [6, 6.07) is 8.64. The molecule has 0 N–H and O–H groups in total. The summed E-state index contributed by atoms with van der Waals surface area (Å²) in [5.74, 6) is 1.39. The first-order chi connectivity index (χ1) is 11.8. The number of fused-ring (bicyclic) bond motifs is 7. The Balaban J connectivity index is 1.47. The van der Waals surface area contributed by atoms with Gasteiger partial charge in [0.15, 0.2) is 0 Å². The molecule has 1 aromatic carbocycles. The number of nitrogens with zero attached hydrogens (tertiary/aromatic N) is 2. The molecule has 2 bridgehead atoms. The van der Waals surface area contributed by atoms with Crippen molar-refractivity contribution in [2.45, 2.75) is 57.4 Å². The van der Waals surface area contributed by atoms with Gasteiger partial charge in [0.25, 0.3) is 0 Å². The van der Waals surface area contributed by atoms with E-state index in [1.165, 1.54) is 36.8 Å². The fraction of sp³-hybridized carbons (Fsp3) is 0.524. The number of aromatic nitrogens is 2. The summed E-state index contributed by atoms with van der Waals surface area (Å²) in [4.78, 5) is 17.7. The van der Waals surface area contributed by atoms with Crippen LogP contribution >= 0.6 is 0 Å². The highest BCUT2D eigenvalue weighted by Crippen LogP contribution is 2.50. The number of hydrogen-bond acceptors (Lipinski definition) is 2. The second kappa shape index (κ2) is 5.30. The van der Waals surface area contributed by atoms with Gasteiger partial charge >= 0.3 is 0 Å². The second-order valence-corrected chi connectivity index (χ2v) is 8.03. The summed E-state index contributed by atoms with van der Waals surface area (Å²) in [7, 11) is 0. The average molecular weight is 320 g/mol. The van der Waals surface area contributed by atoms with Crippen molar-refractivity contribution in [3.8, 4) is 11.3 Å². The molecule has 3 fully saturated rings. The largest absolute Gasteiger partial charge is 0.323 e. The van der Waals surface area contributed by atoms with E-state index >= 15 is 0 Å². The van der Waals surface area contributed by atoms with Crippen molar-refractivity contribution < 1.29 is 4.79 Å². The van der Waals surface area contributed by atoms with Gasteiger partial charge in [-0.1, -0.05) is 37.1 Å². The lowest BCUT2D eigenvalue weighted by Gasteiger charge is -2.36. The second-order valence-electron chi connectivity index (χ2n) is 8.03. The van der Waals surface area contributed by atoms with Crippen molar-refractivity contribution >= 4 is 5.78 Å². The van der Waals surface area contributed by atoms with Gasteiger partial charge in [0.2, 0.25) is 0 Å². The Morgan fingerprint density at radius 3 is 2.88 bits per heavy atom. The Labute approximate surface area is 143 Å². The van der Waals surface area contributed by atoms with Crippen LogP contribution in [0.5, 0.6) is 0 Å². The standard InChI is InChI=1S/C21H24N2O/c24-20(21-9-3-4-15(7-10-21)8-11-21)12-18-16-5-1-2-6-17(16)19-13-22-14-23(18)19/h1-2,5-6,13-15,18H,3-4,7-12H2. The van der Waals surface area contributed by atoms with Crippen LogP contribution in [0.1, 0.15) is 63.0 Å². The maximum absolute atomic E-state index is 13.4. The minimum atomic E-state index is -0.0225. The number of carbonyl (C=O) groups excluding carboxylic acids is 1. The van der Waals surface area contributed by atoms with Gasteiger partial charge in [0.1, 0.15) is 5.78 Å². The lowest BCUT2D eigenvalue weighted by atomic mass is 9.67. The maximum Gasteiger partial charge on any atom is 0.141 e. The molecule has 6 rings (SSSR count). The molecule has 0 spiro atoms. The molecule has 1 aliphatic heterocycles. The maximum atomic E-state index is 13.4. The molecule has 24 heavy (non-hydrogen) atoms. The Morgan fingerprint density at radius 1 is 1.17 bits per heavy atom. The van der Waals surface area contributed by atoms with E-state index in [9.17, 15) is 4.79 Å². The summed E-state index contributed by atoms with van der Waals surface area (Å²) < 4.78 is 2.21. The van der Waals surface area contributed by atoms with Crippen molar-refractivity contribution in [1.82, 2.24) is 9.55 Å². The van der Waals surface area contributed by atoms with E-state index in [1.807, 2.05) is 12.5 Å². The lowest BCUT2D eigenvalue weighted by molar-refractivity contribution is -0.131. The summed E-state index contributed by atoms with van der Waals surface area (Å²) in [6.45, 7) is 0. The highest BCUT2D eigenvalue weighted by molar-refractivity contribution is 5.86. The first-order valence-electron chi connectivity index (χ1n) is 9.41. The molecule has 1 unspecified atom stereocenters. The van der Waals surface area contributed by atoms with Gasteiger partial charge < -0.3 is 4.57 Å². The highest BCUT2D eigenvalue weighted by atomic mass is 16.1. The van der Waals surface area contributed by atoms with Crippen molar-refractivity contribution in [2.24, 2.45) is 11.3 Å². The molecule has 124 valence electrons. The molecule has 0 amide bonds. The van der Waals surface area contributed by atoms with Crippen LogP contribution in [0.4, 0.5) is 0 Å². The monoisotopic (exact) mass is 320 g/mol. The zero-order chi connectivity index (χ0) is 16.1. The number of benzene rings is 1. The lowest BCUT2D eigenvalue weighted by Crippen LogP contribution is -2.34. The minimum absolute atomic E-state index is 0.0225. The molecule has 0 saturated heterocycles. The fourth-order valence-corrected chi connectivity index (χ4v) is 5.45. The molecular weight excluding hydrogens is 296 g/mol. The van der Waals surface area contributed by atoms with Crippen molar-refractivity contribution in [3.05, 3.63) is 42.4 Å². The number of rotatable bonds is 3. The number of hydrogen-bond donors (Lipinski definition) is 0. The first-order valence-corrected chi connectivity index (χ1v) is 9.41. The summed E-state index contributed by atoms with van der Waals surface area (Å²) in [6.07, 6.45) is 12.9. The zero-order valence-electron chi connectivity index (χ0n) is 14.1. The quantitative estimate of drug-likeness (QED) is 0.816. The minimum Gasteiger partial charge on any atom is -0.323 e. The van der Waals surface area contributed by atoms with E-state index < -0.39 is 0 Å². The number of ketones is 1. The number of Topliss-reactive ketones (excluding diaryl/α,β-unsaturated/α-hetero) is 1. The van der Waals surface area contributed by atoms with Gasteiger partial charge in [0, 0.05) is 17.4 Å². The van der Waals surface area contributed by atoms with E-state index in [-0.39, 0.29) is 11.5 Å². The van der Waals surface area contributed by atoms with E-state index in [4.69, 9.17) is 0 Å². The van der Waals surface area contributed by atoms with E-state index in [0.717, 1.165) is 30.9 Å². The molecule has 1 aromatic heterocycles. The topological polar surface area (TPSA) is 34.9 Å². The van der Waals surface area contributed by atoms with Gasteiger partial charge in [-0.15, -0.1) is 0 Å². The molecule has 2 heterocycles. The van der Waals surface area contributed by atoms with E-state index in [0.29, 0.717) is 12.2 Å². The van der Waals surface area contributed by atoms with Crippen molar-refractivity contribution in [3.63, 3.8) is 0 Å². The van der Waals surface area contributed by atoms with Gasteiger partial charge in [-0.05, 0) is 43.6 Å². The van der Waals surface area contributed by atoms with Crippen LogP contribution in [0, 0.1) is 11.3 Å². The third kappa shape index (κ3) is 2.03. The number of carbonyl (C=O) groups is 1. The summed E-state index contributed by atoms with van der Waals surface area (Å²) in [5.41, 5.74) is 3.67. The third-order valence-corrected chi connectivity index (χ3v) is 6.90. The molecule has 3 saturated carbocycles. The van der Waals surface area contributed by atoms with Gasteiger partial charge in [-0.2, -0.15) is 0 Å². The van der Waals surface area contributed by atoms with Crippen LogP contribution in [0.25, 0.3) is 11.3 Å². The van der Waals surface area contributed by atoms with Crippen LogP contribution in [-0.2, 0) is 4.79 Å². The number of imidazole rings is 1. The normalized spacial score (nSPS) is 30.7. The third-order valence-electron chi connectivity index (χ3n) is 6.90.